The molecule has 1 aromatic rings. The minimum absolute atomic E-state index is 0.00459. The quantitative estimate of drug-likeness (QED) is 0.557. The van der Waals surface area contributed by atoms with Gasteiger partial charge in [0.25, 0.3) is 0 Å². The molecule has 2 saturated heterocycles. The summed E-state index contributed by atoms with van der Waals surface area (Å²) in [6, 6.07) is 9.81. The Kier molecular flexibility index (Phi) is 2.93. The Morgan fingerprint density at radius 3 is 2.83 bits per heavy atom. The first-order valence-corrected chi connectivity index (χ1v) is 6.52. The largest absolute Gasteiger partial charge is 0.373 e. The van der Waals surface area contributed by atoms with E-state index >= 15 is 0 Å². The van der Waals surface area contributed by atoms with Crippen LogP contribution in [-0.2, 0) is 9.53 Å². The van der Waals surface area contributed by atoms with Crippen LogP contribution in [0.5, 0.6) is 0 Å². The van der Waals surface area contributed by atoms with Crippen LogP contribution in [0.3, 0.4) is 0 Å². The summed E-state index contributed by atoms with van der Waals surface area (Å²) in [6.45, 7) is 0. The highest BCUT2D eigenvalue weighted by molar-refractivity contribution is 5.68. The molecular weight excluding hydrogens is 224 g/mol. The van der Waals surface area contributed by atoms with Crippen molar-refractivity contribution in [2.45, 2.75) is 37.9 Å². The van der Waals surface area contributed by atoms with Gasteiger partial charge < -0.3 is 9.53 Å². The van der Waals surface area contributed by atoms with Crippen LogP contribution in [-0.4, -0.2) is 18.5 Å². The maximum Gasteiger partial charge on any atom is 0.140 e. The highest BCUT2D eigenvalue weighted by Crippen LogP contribution is 2.44. The summed E-state index contributed by atoms with van der Waals surface area (Å²) < 4.78 is 5.86. The molecule has 18 heavy (non-hydrogen) atoms. The molecule has 92 valence electrons. The summed E-state index contributed by atoms with van der Waals surface area (Å²) in [5.74, 6) is 6.32. The fraction of sp³-hybridized carbons (Fsp3) is 0.438. The predicted octanol–water partition coefficient (Wildman–Crippen LogP) is 2.56. The zero-order valence-electron chi connectivity index (χ0n) is 10.3. The molecule has 2 heterocycles. The van der Waals surface area contributed by atoms with Crippen molar-refractivity contribution in [1.29, 1.82) is 0 Å². The fourth-order valence-electron chi connectivity index (χ4n) is 2.93. The zero-order chi connectivity index (χ0) is 12.4. The summed E-state index contributed by atoms with van der Waals surface area (Å²) in [4.78, 5) is 11.5. The average molecular weight is 240 g/mol. The normalized spacial score (nSPS) is 33.6. The first kappa shape index (κ1) is 11.5. The number of hydrogen-bond donors (Lipinski definition) is 0. The molecule has 2 bridgehead atoms. The zero-order valence-corrected chi connectivity index (χ0v) is 10.3. The smallest absolute Gasteiger partial charge is 0.140 e. The molecule has 3 rings (SSSR count). The van der Waals surface area contributed by atoms with E-state index < -0.39 is 5.41 Å². The predicted molar refractivity (Wildman–Crippen MR) is 68.9 cm³/mol. The molecule has 0 N–H and O–H groups in total. The maximum atomic E-state index is 11.5. The van der Waals surface area contributed by atoms with E-state index in [4.69, 9.17) is 4.74 Å². The van der Waals surface area contributed by atoms with Crippen LogP contribution >= 0.6 is 0 Å². The molecule has 2 nitrogen and oxygen atoms in total. The van der Waals surface area contributed by atoms with Crippen LogP contribution in [0, 0.1) is 17.3 Å². The number of carbonyl (C=O) groups excluding carboxylic acids is 1. The van der Waals surface area contributed by atoms with E-state index in [0.29, 0.717) is 0 Å². The van der Waals surface area contributed by atoms with Gasteiger partial charge >= 0.3 is 0 Å². The SMILES string of the molecule is O=C[C@]1(C#Cc2ccccc2)C[C@H]2CCC[C@@H]1O2. The molecule has 0 amide bonds. The monoisotopic (exact) mass is 240 g/mol. The summed E-state index contributed by atoms with van der Waals surface area (Å²) in [6.07, 6.45) is 5.19. The van der Waals surface area contributed by atoms with Gasteiger partial charge in [0, 0.05) is 5.56 Å². The molecule has 0 saturated carbocycles. The van der Waals surface area contributed by atoms with Crippen molar-refractivity contribution in [1.82, 2.24) is 0 Å². The standard InChI is InChI=1S/C16H16O2/c17-12-16(10-9-13-5-2-1-3-6-13)11-14-7-4-8-15(16)18-14/h1-3,5-6,12,14-15H,4,7-8,11H2/t14-,15+,16+/m1/s1. The number of aldehydes is 1. The van der Waals surface area contributed by atoms with Gasteiger partial charge in [-0.3, -0.25) is 0 Å². The van der Waals surface area contributed by atoms with Crippen molar-refractivity contribution < 1.29 is 9.53 Å². The number of benzene rings is 1. The third-order valence-electron chi connectivity index (χ3n) is 3.91. The molecule has 0 spiro atoms. The molecule has 2 heteroatoms. The number of ether oxygens (including phenoxy) is 1. The van der Waals surface area contributed by atoms with Crippen LogP contribution in [0.25, 0.3) is 0 Å². The van der Waals surface area contributed by atoms with Gasteiger partial charge in [0.05, 0.1) is 12.2 Å². The third kappa shape index (κ3) is 1.95. The van der Waals surface area contributed by atoms with E-state index in [1.807, 2.05) is 30.3 Å². The van der Waals surface area contributed by atoms with Crippen LogP contribution in [0.4, 0.5) is 0 Å². The lowest BCUT2D eigenvalue weighted by molar-refractivity contribution is -0.116. The van der Waals surface area contributed by atoms with Gasteiger partial charge in [0.15, 0.2) is 0 Å². The molecule has 1 aromatic carbocycles. The fourth-order valence-corrected chi connectivity index (χ4v) is 2.93. The van der Waals surface area contributed by atoms with Gasteiger partial charge in [-0.2, -0.15) is 0 Å². The van der Waals surface area contributed by atoms with Crippen LogP contribution in [0.1, 0.15) is 31.2 Å². The van der Waals surface area contributed by atoms with Gasteiger partial charge in [0.1, 0.15) is 11.7 Å². The third-order valence-corrected chi connectivity index (χ3v) is 3.91. The van der Waals surface area contributed by atoms with Crippen LogP contribution in [0.2, 0.25) is 0 Å². The second kappa shape index (κ2) is 4.59. The first-order chi connectivity index (χ1) is 8.82. The molecule has 3 atom stereocenters. The Bertz CT molecular complexity index is 497. The first-order valence-electron chi connectivity index (χ1n) is 6.52. The highest BCUT2D eigenvalue weighted by atomic mass is 16.5. The minimum Gasteiger partial charge on any atom is -0.373 e. The van der Waals surface area contributed by atoms with Crippen molar-refractivity contribution in [3.8, 4) is 11.8 Å². The van der Waals surface area contributed by atoms with Crippen LogP contribution in [0.15, 0.2) is 30.3 Å². The minimum atomic E-state index is -0.572. The van der Waals surface area contributed by atoms with E-state index in [1.165, 1.54) is 0 Å². The van der Waals surface area contributed by atoms with Crippen molar-refractivity contribution in [2.75, 3.05) is 0 Å². The van der Waals surface area contributed by atoms with E-state index in [9.17, 15) is 4.79 Å². The molecule has 2 aliphatic heterocycles. The second-order valence-electron chi connectivity index (χ2n) is 5.16. The Balaban J connectivity index is 1.90. The maximum absolute atomic E-state index is 11.5. The Morgan fingerprint density at radius 2 is 2.11 bits per heavy atom. The van der Waals surface area contributed by atoms with E-state index in [0.717, 1.165) is 37.5 Å². The van der Waals surface area contributed by atoms with Crippen LogP contribution < -0.4 is 0 Å². The number of rotatable bonds is 1. The van der Waals surface area contributed by atoms with Crippen molar-refractivity contribution >= 4 is 6.29 Å². The van der Waals surface area contributed by atoms with Crippen molar-refractivity contribution in [2.24, 2.45) is 5.41 Å². The highest BCUT2D eigenvalue weighted by Gasteiger charge is 2.49. The van der Waals surface area contributed by atoms with Gasteiger partial charge in [-0.25, -0.2) is 0 Å². The van der Waals surface area contributed by atoms with Crippen molar-refractivity contribution in [3.05, 3.63) is 35.9 Å². The van der Waals surface area contributed by atoms with Gasteiger partial charge in [-0.1, -0.05) is 30.0 Å². The molecular formula is C16H16O2. The molecule has 0 radical (unpaired) electrons. The summed E-state index contributed by atoms with van der Waals surface area (Å²) in [5, 5.41) is 0. The summed E-state index contributed by atoms with van der Waals surface area (Å²) in [7, 11) is 0. The molecule has 0 aromatic heterocycles. The molecule has 0 unspecified atom stereocenters. The lowest BCUT2D eigenvalue weighted by Crippen LogP contribution is -2.31. The topological polar surface area (TPSA) is 26.3 Å². The average Bonchev–Trinajstić information content (AvgIpc) is 2.69. The Hall–Kier alpha value is -1.59. The lowest BCUT2D eigenvalue weighted by atomic mass is 9.82. The number of hydrogen-bond acceptors (Lipinski definition) is 2. The second-order valence-corrected chi connectivity index (χ2v) is 5.16. The lowest BCUT2D eigenvalue weighted by Gasteiger charge is -2.24. The Morgan fingerprint density at radius 1 is 1.28 bits per heavy atom. The van der Waals surface area contributed by atoms with Gasteiger partial charge in [-0.15, -0.1) is 0 Å². The van der Waals surface area contributed by atoms with E-state index in [-0.39, 0.29) is 12.2 Å². The molecule has 0 aliphatic carbocycles. The molecule has 2 aliphatic rings. The number of fused-ring (bicyclic) bond motifs is 2. The number of carbonyl (C=O) groups is 1. The van der Waals surface area contributed by atoms with Gasteiger partial charge in [0.2, 0.25) is 0 Å². The van der Waals surface area contributed by atoms with Crippen molar-refractivity contribution in [3.63, 3.8) is 0 Å². The Labute approximate surface area is 107 Å². The molecule has 2 fully saturated rings. The summed E-state index contributed by atoms with van der Waals surface area (Å²) in [5.41, 5.74) is 0.386. The summed E-state index contributed by atoms with van der Waals surface area (Å²) >= 11 is 0. The van der Waals surface area contributed by atoms with E-state index in [2.05, 4.69) is 11.8 Å². The van der Waals surface area contributed by atoms with E-state index in [1.54, 1.807) is 0 Å². The van der Waals surface area contributed by atoms with Gasteiger partial charge in [-0.05, 0) is 37.8 Å².